The molecule has 0 heterocycles. The van der Waals surface area contributed by atoms with Crippen molar-refractivity contribution < 1.29 is 28.1 Å². The summed E-state index contributed by atoms with van der Waals surface area (Å²) in [5.41, 5.74) is -0.560. The molecule has 0 atom stereocenters. The van der Waals surface area contributed by atoms with Crippen LogP contribution in [0.4, 0.5) is 17.1 Å². The van der Waals surface area contributed by atoms with E-state index in [1.54, 1.807) is 30.3 Å². The van der Waals surface area contributed by atoms with Crippen molar-refractivity contribution in [1.29, 1.82) is 0 Å². The molecule has 11 heteroatoms. The molecular formula is C20H12N3O7S-. The Hall–Kier alpha value is -4.09. The largest absolute Gasteiger partial charge is 0.744 e. The van der Waals surface area contributed by atoms with Crippen molar-refractivity contribution in [2.45, 2.75) is 4.90 Å². The number of phenolic OH excluding ortho intramolecular Hbond substituents is 2. The first kappa shape index (κ1) is 20.2. The van der Waals surface area contributed by atoms with Gasteiger partial charge in [0.05, 0.1) is 9.82 Å². The summed E-state index contributed by atoms with van der Waals surface area (Å²) in [6, 6.07) is 14.0. The second kappa shape index (κ2) is 7.31. The number of nitrogens with zero attached hydrogens (tertiary/aromatic N) is 3. The predicted molar refractivity (Wildman–Crippen MR) is 110 cm³/mol. The van der Waals surface area contributed by atoms with Crippen LogP contribution in [0.1, 0.15) is 0 Å². The van der Waals surface area contributed by atoms with Crippen molar-refractivity contribution in [3.05, 3.63) is 70.8 Å². The lowest BCUT2D eigenvalue weighted by atomic mass is 10.1. The van der Waals surface area contributed by atoms with E-state index in [0.29, 0.717) is 11.5 Å². The summed E-state index contributed by atoms with van der Waals surface area (Å²) in [5, 5.41) is 40.6. The van der Waals surface area contributed by atoms with Crippen LogP contribution in [0.2, 0.25) is 0 Å². The van der Waals surface area contributed by atoms with E-state index >= 15 is 0 Å². The van der Waals surface area contributed by atoms with Gasteiger partial charge in [-0.05, 0) is 17.5 Å². The van der Waals surface area contributed by atoms with Gasteiger partial charge < -0.3 is 14.8 Å². The molecule has 10 nitrogen and oxygen atoms in total. The van der Waals surface area contributed by atoms with Gasteiger partial charge in [-0.15, -0.1) is 10.2 Å². The lowest BCUT2D eigenvalue weighted by Gasteiger charge is -2.13. The average Bonchev–Trinajstić information content (AvgIpc) is 2.72. The summed E-state index contributed by atoms with van der Waals surface area (Å²) in [7, 11) is -5.06. The average molecular weight is 438 g/mol. The minimum Gasteiger partial charge on any atom is -0.744 e. The van der Waals surface area contributed by atoms with E-state index in [2.05, 4.69) is 10.2 Å². The van der Waals surface area contributed by atoms with Crippen molar-refractivity contribution in [3.63, 3.8) is 0 Å². The van der Waals surface area contributed by atoms with E-state index in [-0.39, 0.29) is 27.9 Å². The molecule has 4 aromatic carbocycles. The van der Waals surface area contributed by atoms with Gasteiger partial charge in [-0.25, -0.2) is 8.42 Å². The third-order valence-electron chi connectivity index (χ3n) is 4.64. The van der Waals surface area contributed by atoms with Crippen LogP contribution in [0.3, 0.4) is 0 Å². The van der Waals surface area contributed by atoms with E-state index in [4.69, 9.17) is 0 Å². The molecule has 31 heavy (non-hydrogen) atoms. The number of nitro benzene ring substituents is 1. The fourth-order valence-electron chi connectivity index (χ4n) is 3.23. The quantitative estimate of drug-likeness (QED) is 0.203. The fraction of sp³-hybridized carbons (Fsp3) is 0. The van der Waals surface area contributed by atoms with Gasteiger partial charge in [0, 0.05) is 34.4 Å². The summed E-state index contributed by atoms with van der Waals surface area (Å²) in [5.74, 6) is -0.847. The van der Waals surface area contributed by atoms with E-state index in [9.17, 15) is 33.3 Å². The highest BCUT2D eigenvalue weighted by molar-refractivity contribution is 7.86. The maximum absolute atomic E-state index is 11.6. The molecule has 0 aliphatic carbocycles. The van der Waals surface area contributed by atoms with E-state index < -0.39 is 31.4 Å². The number of hydrogen-bond donors (Lipinski definition) is 2. The Kier molecular flexibility index (Phi) is 4.76. The monoisotopic (exact) mass is 438 g/mol. The Morgan fingerprint density at radius 1 is 0.806 bits per heavy atom. The summed E-state index contributed by atoms with van der Waals surface area (Å²) < 4.78 is 34.9. The smallest absolute Gasteiger partial charge is 0.270 e. The van der Waals surface area contributed by atoms with Crippen molar-refractivity contribution in [2.75, 3.05) is 0 Å². The van der Waals surface area contributed by atoms with Crippen LogP contribution in [0.5, 0.6) is 11.5 Å². The van der Waals surface area contributed by atoms with Crippen LogP contribution in [-0.4, -0.2) is 28.1 Å². The lowest BCUT2D eigenvalue weighted by molar-refractivity contribution is -0.384. The normalized spacial score (nSPS) is 12.0. The number of azo groups is 1. The van der Waals surface area contributed by atoms with Gasteiger partial charge in [0.15, 0.2) is 0 Å². The van der Waals surface area contributed by atoms with Crippen molar-refractivity contribution in [1.82, 2.24) is 0 Å². The maximum atomic E-state index is 11.6. The van der Waals surface area contributed by atoms with Gasteiger partial charge in [0.25, 0.3) is 5.69 Å². The number of hydrogen-bond acceptors (Lipinski definition) is 9. The molecule has 0 saturated carbocycles. The number of fused-ring (bicyclic) bond motifs is 2. The number of aromatic hydroxyl groups is 2. The minimum absolute atomic E-state index is 0.0384. The van der Waals surface area contributed by atoms with Crippen LogP contribution < -0.4 is 0 Å². The molecule has 2 N–H and O–H groups in total. The van der Waals surface area contributed by atoms with E-state index in [1.165, 1.54) is 12.1 Å². The molecule has 0 bridgehead atoms. The second-order valence-electron chi connectivity index (χ2n) is 6.54. The molecule has 0 saturated heterocycles. The summed E-state index contributed by atoms with van der Waals surface area (Å²) in [4.78, 5) is 9.52. The van der Waals surface area contributed by atoms with Crippen molar-refractivity contribution in [3.8, 4) is 11.5 Å². The molecule has 0 radical (unpaired) electrons. The van der Waals surface area contributed by atoms with Gasteiger partial charge in [0.2, 0.25) is 0 Å². The lowest BCUT2D eigenvalue weighted by Crippen LogP contribution is -2.00. The van der Waals surface area contributed by atoms with Crippen molar-refractivity contribution in [2.24, 2.45) is 10.2 Å². The molecule has 4 aromatic rings. The van der Waals surface area contributed by atoms with Crippen LogP contribution in [0.15, 0.2) is 75.8 Å². The molecule has 0 aliphatic heterocycles. The Balaban J connectivity index is 1.98. The molecule has 0 spiro atoms. The molecular weight excluding hydrogens is 426 g/mol. The van der Waals surface area contributed by atoms with Crippen LogP contribution in [0.25, 0.3) is 21.5 Å². The fourth-order valence-corrected chi connectivity index (χ4v) is 3.92. The first-order valence-electron chi connectivity index (χ1n) is 8.69. The standard InChI is InChI=1S/C20H13N3O7S/c24-16-8-5-11-3-1-2-4-13(11)19(16)21-22-20-14-7-6-12(23(26)27)9-15(14)18(10-17(20)25)31(28,29)30/h1-10,24-25H,(H,28,29,30)/p-1. The Bertz CT molecular complexity index is 1510. The number of non-ortho nitro benzene ring substituents is 1. The molecule has 0 fully saturated rings. The predicted octanol–water partition coefficient (Wildman–Crippen LogP) is 4.63. The van der Waals surface area contributed by atoms with Gasteiger partial charge in [0.1, 0.15) is 33.0 Å². The number of benzene rings is 4. The van der Waals surface area contributed by atoms with Gasteiger partial charge in [-0.3, -0.25) is 10.1 Å². The minimum atomic E-state index is -5.06. The molecule has 0 aliphatic rings. The molecule has 0 unspecified atom stereocenters. The highest BCUT2D eigenvalue weighted by Crippen LogP contribution is 2.42. The second-order valence-corrected chi connectivity index (χ2v) is 7.89. The molecule has 4 rings (SSSR count). The number of nitro groups is 1. The zero-order valence-electron chi connectivity index (χ0n) is 15.5. The van der Waals surface area contributed by atoms with Gasteiger partial charge in [-0.2, -0.15) is 0 Å². The first-order valence-corrected chi connectivity index (χ1v) is 10.1. The molecule has 156 valence electrons. The third-order valence-corrected chi connectivity index (χ3v) is 5.52. The van der Waals surface area contributed by atoms with Gasteiger partial charge in [-0.1, -0.05) is 30.3 Å². The Morgan fingerprint density at radius 3 is 2.16 bits per heavy atom. The van der Waals surface area contributed by atoms with E-state index in [1.807, 2.05) is 0 Å². The third kappa shape index (κ3) is 3.63. The molecule has 0 aromatic heterocycles. The summed E-state index contributed by atoms with van der Waals surface area (Å²) in [6.45, 7) is 0. The first-order chi connectivity index (χ1) is 14.7. The maximum Gasteiger partial charge on any atom is 0.270 e. The van der Waals surface area contributed by atoms with Crippen LogP contribution in [0, 0.1) is 10.1 Å². The number of rotatable bonds is 4. The van der Waals surface area contributed by atoms with Crippen LogP contribution >= 0.6 is 0 Å². The molecule has 0 amide bonds. The Labute approximate surface area is 174 Å². The highest BCUT2D eigenvalue weighted by atomic mass is 32.2. The van der Waals surface area contributed by atoms with Gasteiger partial charge >= 0.3 is 0 Å². The SMILES string of the molecule is O=[N+]([O-])c1ccc2c(N=Nc3c(O)ccc4ccccc34)c(O)cc(S(=O)(=O)[O-])c2c1. The number of phenols is 2. The summed E-state index contributed by atoms with van der Waals surface area (Å²) in [6.07, 6.45) is 0. The summed E-state index contributed by atoms with van der Waals surface area (Å²) >= 11 is 0. The highest BCUT2D eigenvalue weighted by Gasteiger charge is 2.19. The topological polar surface area (TPSA) is 166 Å². The van der Waals surface area contributed by atoms with E-state index in [0.717, 1.165) is 17.5 Å². The van der Waals surface area contributed by atoms with Crippen LogP contribution in [-0.2, 0) is 10.1 Å². The zero-order valence-corrected chi connectivity index (χ0v) is 16.3. The zero-order chi connectivity index (χ0) is 22.3. The Morgan fingerprint density at radius 2 is 1.48 bits per heavy atom. The van der Waals surface area contributed by atoms with Crippen molar-refractivity contribution >= 4 is 48.7 Å².